The Morgan fingerprint density at radius 3 is 2.22 bits per heavy atom. The fourth-order valence-corrected chi connectivity index (χ4v) is 4.20. The van der Waals surface area contributed by atoms with E-state index in [0.717, 1.165) is 29.9 Å². The molecule has 2 heterocycles. The second-order valence-corrected chi connectivity index (χ2v) is 7.07. The summed E-state index contributed by atoms with van der Waals surface area (Å²) in [6, 6.07) is 20.7. The number of aromatic nitrogens is 2. The highest BCUT2D eigenvalue weighted by molar-refractivity contribution is 8.00. The highest BCUT2D eigenvalue weighted by atomic mass is 32.2. The lowest BCUT2D eigenvalue weighted by molar-refractivity contribution is 0.807. The number of fused-ring (bicyclic) bond motifs is 1. The van der Waals surface area contributed by atoms with Gasteiger partial charge >= 0.3 is 0 Å². The first-order valence-electron chi connectivity index (χ1n) is 8.03. The van der Waals surface area contributed by atoms with Gasteiger partial charge in [-0.15, -0.1) is 11.8 Å². The molecule has 1 unspecified atom stereocenters. The Labute approximate surface area is 141 Å². The number of nitrogens with zero attached hydrogens (tertiary/aromatic N) is 2. The van der Waals surface area contributed by atoms with Crippen molar-refractivity contribution in [2.24, 2.45) is 0 Å². The first kappa shape index (κ1) is 14.5. The Balaban J connectivity index is 1.89. The molecule has 0 aliphatic carbocycles. The van der Waals surface area contributed by atoms with Gasteiger partial charge in [-0.25, -0.2) is 9.97 Å². The van der Waals surface area contributed by atoms with Crippen LogP contribution >= 0.6 is 11.8 Å². The standard InChI is InChI=1S/C20H18N2S/c1-2-16-13-17-19(23-16)18(14-9-5-3-6-10-14)22-20(21-17)15-11-7-4-8-12-15/h3-12,16H,2,13H2,1H3. The molecule has 0 fully saturated rings. The molecule has 114 valence electrons. The predicted octanol–water partition coefficient (Wildman–Crippen LogP) is 5.24. The van der Waals surface area contributed by atoms with E-state index < -0.39 is 0 Å². The summed E-state index contributed by atoms with van der Waals surface area (Å²) in [5.74, 6) is 0.834. The minimum Gasteiger partial charge on any atom is -0.232 e. The van der Waals surface area contributed by atoms with Crippen LogP contribution < -0.4 is 0 Å². The first-order valence-corrected chi connectivity index (χ1v) is 8.91. The van der Waals surface area contributed by atoms with Crippen molar-refractivity contribution >= 4 is 11.8 Å². The van der Waals surface area contributed by atoms with Crippen LogP contribution in [0.15, 0.2) is 65.6 Å². The number of hydrogen-bond donors (Lipinski definition) is 0. The van der Waals surface area contributed by atoms with Gasteiger partial charge in [0.25, 0.3) is 0 Å². The van der Waals surface area contributed by atoms with E-state index in [9.17, 15) is 0 Å². The molecular weight excluding hydrogens is 300 g/mol. The molecule has 0 saturated heterocycles. The zero-order valence-corrected chi connectivity index (χ0v) is 13.9. The van der Waals surface area contributed by atoms with Crippen molar-refractivity contribution in [3.05, 3.63) is 66.4 Å². The Morgan fingerprint density at radius 1 is 0.913 bits per heavy atom. The van der Waals surface area contributed by atoms with Gasteiger partial charge in [-0.3, -0.25) is 0 Å². The first-order chi connectivity index (χ1) is 11.3. The molecular formula is C20H18N2S. The molecule has 4 rings (SSSR count). The summed E-state index contributed by atoms with van der Waals surface area (Å²) in [5.41, 5.74) is 4.54. The lowest BCUT2D eigenvalue weighted by Crippen LogP contribution is -2.00. The average molecular weight is 318 g/mol. The van der Waals surface area contributed by atoms with Crippen molar-refractivity contribution in [1.29, 1.82) is 0 Å². The summed E-state index contributed by atoms with van der Waals surface area (Å²) in [5, 5.41) is 0.618. The third-order valence-electron chi connectivity index (χ3n) is 4.18. The van der Waals surface area contributed by atoms with Gasteiger partial charge in [0.2, 0.25) is 0 Å². The van der Waals surface area contributed by atoms with E-state index in [1.807, 2.05) is 36.0 Å². The van der Waals surface area contributed by atoms with E-state index in [4.69, 9.17) is 9.97 Å². The second kappa shape index (κ2) is 6.17. The molecule has 1 atom stereocenters. The monoisotopic (exact) mass is 318 g/mol. The van der Waals surface area contributed by atoms with Gasteiger partial charge in [0, 0.05) is 22.8 Å². The van der Waals surface area contributed by atoms with Gasteiger partial charge in [0.1, 0.15) is 0 Å². The molecule has 1 aromatic heterocycles. The van der Waals surface area contributed by atoms with Gasteiger partial charge < -0.3 is 0 Å². The number of benzene rings is 2. The van der Waals surface area contributed by atoms with E-state index >= 15 is 0 Å². The maximum absolute atomic E-state index is 4.92. The van der Waals surface area contributed by atoms with Crippen molar-refractivity contribution in [2.75, 3.05) is 0 Å². The number of rotatable bonds is 3. The van der Waals surface area contributed by atoms with Gasteiger partial charge in [-0.05, 0) is 6.42 Å². The van der Waals surface area contributed by atoms with Crippen LogP contribution in [0.2, 0.25) is 0 Å². The molecule has 0 spiro atoms. The minimum absolute atomic E-state index is 0.618. The Hall–Kier alpha value is -2.13. The zero-order valence-electron chi connectivity index (χ0n) is 13.1. The van der Waals surface area contributed by atoms with Crippen LogP contribution in [-0.2, 0) is 6.42 Å². The predicted molar refractivity (Wildman–Crippen MR) is 96.5 cm³/mol. The van der Waals surface area contributed by atoms with Gasteiger partial charge in [-0.2, -0.15) is 0 Å². The zero-order chi connectivity index (χ0) is 15.6. The number of hydrogen-bond acceptors (Lipinski definition) is 3. The van der Waals surface area contributed by atoms with Crippen molar-refractivity contribution in [1.82, 2.24) is 9.97 Å². The fourth-order valence-electron chi connectivity index (χ4n) is 2.92. The van der Waals surface area contributed by atoms with Crippen LogP contribution in [0, 0.1) is 0 Å². The topological polar surface area (TPSA) is 25.8 Å². The lowest BCUT2D eigenvalue weighted by Gasteiger charge is -2.10. The third kappa shape index (κ3) is 2.77. The third-order valence-corrected chi connectivity index (χ3v) is 5.67. The highest BCUT2D eigenvalue weighted by Crippen LogP contribution is 2.43. The summed E-state index contributed by atoms with van der Waals surface area (Å²) in [6.07, 6.45) is 2.20. The molecule has 23 heavy (non-hydrogen) atoms. The molecule has 3 aromatic rings. The van der Waals surface area contributed by atoms with Gasteiger partial charge in [0.05, 0.1) is 16.3 Å². The van der Waals surface area contributed by atoms with Crippen molar-refractivity contribution < 1.29 is 0 Å². The normalized spacial score (nSPS) is 16.3. The maximum atomic E-state index is 4.92. The lowest BCUT2D eigenvalue weighted by atomic mass is 10.1. The summed E-state index contributed by atoms with van der Waals surface area (Å²) in [7, 11) is 0. The summed E-state index contributed by atoms with van der Waals surface area (Å²) < 4.78 is 0. The Kier molecular flexibility index (Phi) is 3.88. The van der Waals surface area contributed by atoms with Crippen LogP contribution in [0.4, 0.5) is 0 Å². The van der Waals surface area contributed by atoms with Crippen LogP contribution in [-0.4, -0.2) is 15.2 Å². The van der Waals surface area contributed by atoms with Crippen molar-refractivity contribution in [3.8, 4) is 22.6 Å². The summed E-state index contributed by atoms with van der Waals surface area (Å²) >= 11 is 1.94. The van der Waals surface area contributed by atoms with Gasteiger partial charge in [0.15, 0.2) is 5.82 Å². The smallest absolute Gasteiger partial charge is 0.160 e. The molecule has 0 amide bonds. The maximum Gasteiger partial charge on any atom is 0.160 e. The second-order valence-electron chi connectivity index (χ2n) is 5.76. The van der Waals surface area contributed by atoms with Crippen LogP contribution in [0.25, 0.3) is 22.6 Å². The summed E-state index contributed by atoms with van der Waals surface area (Å²) in [6.45, 7) is 2.25. The molecule has 0 N–H and O–H groups in total. The van der Waals surface area contributed by atoms with Crippen LogP contribution in [0.1, 0.15) is 19.0 Å². The van der Waals surface area contributed by atoms with Crippen molar-refractivity contribution in [3.63, 3.8) is 0 Å². The van der Waals surface area contributed by atoms with Crippen LogP contribution in [0.3, 0.4) is 0 Å². The molecule has 1 aliphatic heterocycles. The average Bonchev–Trinajstić information content (AvgIpc) is 3.05. The molecule has 0 saturated carbocycles. The van der Waals surface area contributed by atoms with E-state index in [1.54, 1.807) is 0 Å². The Morgan fingerprint density at radius 2 is 1.57 bits per heavy atom. The fraction of sp³-hybridized carbons (Fsp3) is 0.200. The van der Waals surface area contributed by atoms with E-state index in [1.165, 1.54) is 16.2 Å². The van der Waals surface area contributed by atoms with Crippen molar-refractivity contribution in [2.45, 2.75) is 29.9 Å². The van der Waals surface area contributed by atoms with Crippen LogP contribution in [0.5, 0.6) is 0 Å². The largest absolute Gasteiger partial charge is 0.232 e. The number of thioether (sulfide) groups is 1. The molecule has 3 heteroatoms. The molecule has 2 aromatic carbocycles. The molecule has 0 radical (unpaired) electrons. The van der Waals surface area contributed by atoms with E-state index in [2.05, 4.69) is 43.3 Å². The molecule has 1 aliphatic rings. The Bertz CT molecular complexity index is 816. The highest BCUT2D eigenvalue weighted by Gasteiger charge is 2.27. The minimum atomic E-state index is 0.618. The SMILES string of the molecule is CCC1Cc2nc(-c3ccccc3)nc(-c3ccccc3)c2S1. The molecule has 0 bridgehead atoms. The molecule has 2 nitrogen and oxygen atoms in total. The van der Waals surface area contributed by atoms with E-state index in [0.29, 0.717) is 5.25 Å². The van der Waals surface area contributed by atoms with E-state index in [-0.39, 0.29) is 0 Å². The van der Waals surface area contributed by atoms with Gasteiger partial charge in [-0.1, -0.05) is 67.6 Å². The quantitative estimate of drug-likeness (QED) is 0.660. The summed E-state index contributed by atoms with van der Waals surface area (Å²) in [4.78, 5) is 11.1.